The number of nitrogens with zero attached hydrogens (tertiary/aromatic N) is 4. The molecule has 5 aromatic carbocycles. The van der Waals surface area contributed by atoms with E-state index >= 15 is 0 Å². The van der Waals surface area contributed by atoms with E-state index in [4.69, 9.17) is 31.2 Å². The summed E-state index contributed by atoms with van der Waals surface area (Å²) < 4.78 is 86.8. The van der Waals surface area contributed by atoms with Crippen LogP contribution in [0.15, 0.2) is 94.7 Å². The third kappa shape index (κ3) is 12.2. The van der Waals surface area contributed by atoms with Crippen molar-refractivity contribution in [3.05, 3.63) is 127 Å². The second-order valence-corrected chi connectivity index (χ2v) is 22.9. The van der Waals surface area contributed by atoms with Crippen molar-refractivity contribution in [3.63, 3.8) is 0 Å². The van der Waals surface area contributed by atoms with Crippen LogP contribution in [0.2, 0.25) is 0 Å². The number of fused-ring (bicyclic) bond motifs is 6. The molecule has 5 aromatic rings. The molecule has 30 heteroatoms. The van der Waals surface area contributed by atoms with E-state index in [9.17, 15) is 55.8 Å². The van der Waals surface area contributed by atoms with Gasteiger partial charge in [0, 0.05) is 73.5 Å². The maximum Gasteiger partial charge on any atom is 0.469 e. The SMILES string of the molecule is O=C(/C=C/c1cccc(/C=C/C(=O)N2CC(CBr)c3c2cc([N+](=O)[O-])c2cc(S(=O)(=O)NCCOP(=O)(O)O)ccc32)c1)N1CC(CCl)c2c1cc([N+](=O)[O-])c1cc(S(=O)(=O)NCCOP(=O)(O)O)ccc21. The molecule has 2 aliphatic heterocycles. The second-order valence-electron chi connectivity index (χ2n) is 16.0. The summed E-state index contributed by atoms with van der Waals surface area (Å²) in [5, 5.41) is 25.6. The van der Waals surface area contributed by atoms with Crippen LogP contribution in [0.5, 0.6) is 0 Å². The van der Waals surface area contributed by atoms with Gasteiger partial charge in [0.25, 0.3) is 23.2 Å². The largest absolute Gasteiger partial charge is 0.469 e. The summed E-state index contributed by atoms with van der Waals surface area (Å²) in [4.78, 5) is 88.5. The molecule has 0 bridgehead atoms. The van der Waals surface area contributed by atoms with Crippen LogP contribution in [-0.2, 0) is 47.8 Å². The van der Waals surface area contributed by atoms with E-state index in [1.165, 1.54) is 70.5 Å². The zero-order valence-electron chi connectivity index (χ0n) is 36.8. The first-order valence-electron chi connectivity index (χ1n) is 20.9. The number of alkyl halides is 2. The van der Waals surface area contributed by atoms with Crippen LogP contribution in [-0.4, -0.2) is 109 Å². The van der Waals surface area contributed by atoms with E-state index in [1.807, 2.05) is 0 Å². The molecule has 0 spiro atoms. The Kier molecular flexibility index (Phi) is 16.3. The molecular weight excluding hydrogens is 1120 g/mol. The van der Waals surface area contributed by atoms with Gasteiger partial charge in [0.1, 0.15) is 0 Å². The van der Waals surface area contributed by atoms with Crippen molar-refractivity contribution < 1.29 is 74.0 Å². The molecule has 24 nitrogen and oxygen atoms in total. The van der Waals surface area contributed by atoms with Gasteiger partial charge in [0.05, 0.1) is 55.0 Å². The topological polar surface area (TPSA) is 353 Å². The maximum atomic E-state index is 13.9. The lowest BCUT2D eigenvalue weighted by Gasteiger charge is -2.16. The molecule has 72 heavy (non-hydrogen) atoms. The molecular formula is C42H40BrClN6O18P2S2. The van der Waals surface area contributed by atoms with Gasteiger partial charge in [0.15, 0.2) is 0 Å². The Morgan fingerprint density at radius 3 is 1.50 bits per heavy atom. The van der Waals surface area contributed by atoms with Crippen molar-refractivity contribution in [1.29, 1.82) is 0 Å². The van der Waals surface area contributed by atoms with Gasteiger partial charge in [-0.2, -0.15) is 0 Å². The van der Waals surface area contributed by atoms with Crippen molar-refractivity contribution in [2.45, 2.75) is 21.6 Å². The van der Waals surface area contributed by atoms with Crippen LogP contribution in [0.1, 0.15) is 34.1 Å². The number of halogens is 2. The van der Waals surface area contributed by atoms with Crippen molar-refractivity contribution in [3.8, 4) is 0 Å². The smallest absolute Gasteiger partial charge is 0.308 e. The molecule has 0 saturated carbocycles. The van der Waals surface area contributed by atoms with Gasteiger partial charge in [-0.15, -0.1) is 11.6 Å². The summed E-state index contributed by atoms with van der Waals surface area (Å²) in [6, 6.07) is 16.4. The van der Waals surface area contributed by atoms with Gasteiger partial charge >= 0.3 is 15.6 Å². The highest BCUT2D eigenvalue weighted by molar-refractivity contribution is 9.09. The molecule has 0 fully saturated rings. The minimum absolute atomic E-state index is 0.00805. The number of phosphoric ester groups is 2. The number of carbonyl (C=O) groups excluding carboxylic acids is 2. The Balaban J connectivity index is 1.10. The van der Waals surface area contributed by atoms with Crippen molar-refractivity contribution in [1.82, 2.24) is 9.44 Å². The molecule has 382 valence electrons. The molecule has 0 saturated heterocycles. The van der Waals surface area contributed by atoms with Gasteiger partial charge in [0.2, 0.25) is 20.0 Å². The number of anilines is 2. The standard InChI is InChI=1S/C42H40BrClN6O18P2S2/c43-21-27-23-47(37-19-35(49(53)54)33-17-29(6-8-31(33)41(27)37)71(63,64)45-12-14-67-69(57,58)59)39(51)10-4-25-2-1-3-26(16-25)5-11-40(52)48-24-28(22-44)42-32-9-7-30(18-34(32)36(50(55)56)20-38(42)48)72(65,66)46-13-15-68-70(60,61)62/h1-11,16-20,27-28,45-46H,12-15,21-24H2,(H2,57,58,59)(H2,60,61,62)/b10-4+,11-5+. The monoisotopic (exact) mass is 1160 g/mol. The van der Waals surface area contributed by atoms with Gasteiger partial charge in [-0.3, -0.25) is 38.9 Å². The first kappa shape index (κ1) is 54.4. The number of hydrogen-bond acceptors (Lipinski definition) is 14. The van der Waals surface area contributed by atoms with Crippen molar-refractivity contribution in [2.75, 3.05) is 60.4 Å². The predicted octanol–water partition coefficient (Wildman–Crippen LogP) is 5.51. The number of benzene rings is 5. The third-order valence-electron chi connectivity index (χ3n) is 11.4. The zero-order chi connectivity index (χ0) is 52.5. The second kappa shape index (κ2) is 21.6. The summed E-state index contributed by atoms with van der Waals surface area (Å²) in [5.74, 6) is -2.00. The number of carbonyl (C=O) groups is 2. The number of non-ortho nitro benzene ring substituents is 2. The fraction of sp³-hybridized carbons (Fsp3) is 0.238. The van der Waals surface area contributed by atoms with Crippen molar-refractivity contribution >= 4 is 131 Å². The predicted molar refractivity (Wildman–Crippen MR) is 267 cm³/mol. The lowest BCUT2D eigenvalue weighted by Crippen LogP contribution is -2.28. The fourth-order valence-electron chi connectivity index (χ4n) is 8.35. The summed E-state index contributed by atoms with van der Waals surface area (Å²) >= 11 is 9.83. The van der Waals surface area contributed by atoms with E-state index in [-0.39, 0.29) is 62.2 Å². The highest BCUT2D eigenvalue weighted by Gasteiger charge is 2.38. The average Bonchev–Trinajstić information content (AvgIpc) is 3.90. The highest BCUT2D eigenvalue weighted by Crippen LogP contribution is 2.48. The Morgan fingerprint density at radius 1 is 0.694 bits per heavy atom. The molecule has 0 aromatic heterocycles. The normalized spacial score (nSPS) is 16.3. The fourth-order valence-corrected chi connectivity index (χ4v) is 11.9. The van der Waals surface area contributed by atoms with E-state index in [0.717, 1.165) is 12.1 Å². The molecule has 0 aliphatic carbocycles. The molecule has 2 atom stereocenters. The number of nitrogens with one attached hydrogen (secondary N) is 2. The number of nitro benzene ring substituents is 2. The van der Waals surface area contributed by atoms with Gasteiger partial charge in [-0.1, -0.05) is 46.3 Å². The molecule has 2 heterocycles. The molecule has 6 N–H and O–H groups in total. The lowest BCUT2D eigenvalue weighted by atomic mass is 9.95. The minimum Gasteiger partial charge on any atom is -0.308 e. The molecule has 2 aliphatic rings. The van der Waals surface area contributed by atoms with Gasteiger partial charge in [-0.05, 0) is 75.5 Å². The van der Waals surface area contributed by atoms with Gasteiger partial charge in [-0.25, -0.2) is 35.4 Å². The molecule has 0 radical (unpaired) electrons. The molecule has 2 unspecified atom stereocenters. The van der Waals surface area contributed by atoms with Crippen LogP contribution < -0.4 is 19.2 Å². The first-order valence-corrected chi connectivity index (χ1v) is 28.6. The summed E-state index contributed by atoms with van der Waals surface area (Å²) in [6.45, 7) is -2.20. The number of hydrogen-bond donors (Lipinski definition) is 6. The zero-order valence-corrected chi connectivity index (χ0v) is 42.6. The Hall–Kier alpha value is -5.35. The minimum atomic E-state index is -4.86. The number of rotatable bonds is 20. The molecule has 2 amide bonds. The van der Waals surface area contributed by atoms with Crippen LogP contribution in [0.3, 0.4) is 0 Å². The quantitative estimate of drug-likeness (QED) is 0.0140. The third-order valence-corrected chi connectivity index (χ3v) is 16.5. The van der Waals surface area contributed by atoms with E-state index in [2.05, 4.69) is 34.4 Å². The number of sulfonamides is 2. The Morgan fingerprint density at radius 2 is 1.11 bits per heavy atom. The van der Waals surface area contributed by atoms with Crippen molar-refractivity contribution in [2.24, 2.45) is 0 Å². The van der Waals surface area contributed by atoms with Crippen LogP contribution in [0, 0.1) is 20.2 Å². The summed E-state index contributed by atoms with van der Waals surface area (Å²) in [6.07, 6.45) is 5.52. The maximum absolute atomic E-state index is 13.9. The number of phosphoric acid groups is 2. The molecule has 7 rings (SSSR count). The van der Waals surface area contributed by atoms with Crippen LogP contribution >= 0.6 is 43.2 Å². The number of amides is 2. The van der Waals surface area contributed by atoms with Crippen LogP contribution in [0.4, 0.5) is 22.7 Å². The Labute approximate surface area is 422 Å². The van der Waals surface area contributed by atoms with Gasteiger partial charge < -0.3 is 29.4 Å². The highest BCUT2D eigenvalue weighted by atomic mass is 79.9. The summed E-state index contributed by atoms with van der Waals surface area (Å²) in [7, 11) is -18.4. The number of nitro groups is 2. The lowest BCUT2D eigenvalue weighted by molar-refractivity contribution is -0.383. The van der Waals surface area contributed by atoms with E-state index in [1.54, 1.807) is 24.3 Å². The first-order chi connectivity index (χ1) is 33.8. The summed E-state index contributed by atoms with van der Waals surface area (Å²) in [5.41, 5.74) is 1.51. The Bertz CT molecular complexity index is 3230. The van der Waals surface area contributed by atoms with E-state index < -0.39 is 101 Å². The average molecular weight is 1160 g/mol. The van der Waals surface area contributed by atoms with Crippen LogP contribution in [0.25, 0.3) is 33.7 Å². The van der Waals surface area contributed by atoms with E-state index in [0.29, 0.717) is 33.0 Å².